The average molecular weight is 2060 g/mol. The number of phenols is 4. The van der Waals surface area contributed by atoms with E-state index in [9.17, 15) is 106 Å². The van der Waals surface area contributed by atoms with E-state index in [4.69, 9.17) is 36.7 Å². The van der Waals surface area contributed by atoms with E-state index in [1.54, 1.807) is 0 Å². The molecule has 0 bridgehead atoms. The van der Waals surface area contributed by atoms with E-state index < -0.39 is 213 Å². The first-order valence-corrected chi connectivity index (χ1v) is 49.6. The minimum Gasteiger partial charge on any atom is -0.505 e. The fraction of sp³-hybridized carbons (Fsp3) is 0.0606. The van der Waals surface area contributed by atoms with Crippen LogP contribution < -0.4 is 20.9 Å². The molecule has 0 saturated heterocycles. The van der Waals surface area contributed by atoms with Gasteiger partial charge in [-0.15, -0.1) is 58.2 Å². The van der Waals surface area contributed by atoms with Crippen molar-refractivity contribution >= 4 is 241 Å². The van der Waals surface area contributed by atoms with Crippen LogP contribution in [-0.4, -0.2) is 151 Å². The zero-order valence-corrected chi connectivity index (χ0v) is 74.2. The largest absolute Gasteiger partial charge is 0.505 e. The highest BCUT2D eigenvalue weighted by Crippen LogP contribution is 2.53. The average Bonchev–Trinajstić information content (AvgIpc) is 0.746. The van der Waals surface area contributed by atoms with Crippen molar-refractivity contribution in [1.82, 2.24) is 0 Å². The number of benzene rings is 11. The monoisotopic (exact) mass is 2060 g/mol. The molecule has 698 valence electrons. The molecule has 11 rings (SSSR count). The van der Waals surface area contributed by atoms with Crippen LogP contribution in [0.3, 0.4) is 0 Å². The summed E-state index contributed by atoms with van der Waals surface area (Å²) >= 11 is 0.688. The van der Waals surface area contributed by atoms with E-state index in [0.717, 1.165) is 109 Å². The lowest BCUT2D eigenvalue weighted by Gasteiger charge is -2.14. The first-order valence-electron chi connectivity index (χ1n) is 34.5. The van der Waals surface area contributed by atoms with Gasteiger partial charge in [-0.2, -0.15) is 54.1 Å². The van der Waals surface area contributed by atoms with Crippen LogP contribution in [0.2, 0.25) is 0 Å². The summed E-state index contributed by atoms with van der Waals surface area (Å²) in [4.78, 5) is -7.13. The van der Waals surface area contributed by atoms with Gasteiger partial charge in [0.2, 0.25) is 0 Å². The highest BCUT2D eigenvalue weighted by Gasteiger charge is 2.32. The molecule has 0 aliphatic heterocycles. The van der Waals surface area contributed by atoms with E-state index >= 15 is 0 Å². The van der Waals surface area contributed by atoms with Crippen LogP contribution in [0.5, 0.6) is 23.0 Å². The Labute approximate surface area is 757 Å². The van der Waals surface area contributed by atoms with Crippen molar-refractivity contribution in [3.05, 3.63) is 170 Å². The van der Waals surface area contributed by atoms with Gasteiger partial charge in [-0.25, -0.2) is 54.7 Å². The third kappa shape index (κ3) is 24.9. The lowest BCUT2D eigenvalue weighted by atomic mass is 10.1. The molecule has 0 saturated carbocycles. The molecule has 11 aromatic rings. The number of nitrogens with two attached hydrogens (primary N) is 2. The molecule has 54 nitrogen and oxygen atoms in total. The van der Waals surface area contributed by atoms with Gasteiger partial charge in [-0.1, -0.05) is 15.1 Å². The summed E-state index contributed by atoms with van der Waals surface area (Å²) in [6.07, 6.45) is 0. The number of nitrogens with zero attached hydrogens (tertiary/aromatic N) is 12. The number of hydrogen-bond donors (Lipinski definition) is 16. The van der Waals surface area contributed by atoms with Crippen LogP contribution in [-0.2, 0) is 127 Å². The smallest absolute Gasteiger partial charge is 0.296 e. The molecule has 0 fully saturated rings. The number of azo groups is 6. The van der Waals surface area contributed by atoms with Crippen LogP contribution in [0, 0.1) is 0 Å². The van der Waals surface area contributed by atoms with Crippen molar-refractivity contribution in [1.29, 1.82) is 0 Å². The topological polar surface area (TPSA) is 833 Å². The van der Waals surface area contributed by atoms with E-state index in [2.05, 4.69) is 113 Å². The number of aromatic hydroxyl groups is 4. The minimum atomic E-state index is -5.34. The summed E-state index contributed by atoms with van der Waals surface area (Å²) in [5, 5.41) is 142. The molecule has 0 heterocycles. The van der Waals surface area contributed by atoms with Gasteiger partial charge in [-0.3, -0.25) is 31.8 Å². The maximum Gasteiger partial charge on any atom is 0.296 e. The molecule has 0 atom stereocenters. The lowest BCUT2D eigenvalue weighted by molar-refractivity contribution is -0.591. The number of rotatable bonds is 42. The zero-order chi connectivity index (χ0) is 96.1. The summed E-state index contributed by atoms with van der Waals surface area (Å²) in [5.74, 6) is -5.39. The molecule has 11 aromatic carbocycles. The van der Waals surface area contributed by atoms with Crippen molar-refractivity contribution in [3.63, 3.8) is 0 Å². The standard InChI is InChI=1S/C66H54N16O38S12/c67-57-55-33(27-49(122-117-113-88)60(57)77-73-45-19-17-43(31-51(45)129(99,100)101)125(91,92)25-23-111-124-119-115-90)29-53(131(105,106)107)62(65(55)85)79-71-37-9-13-41(14-10-37)127(95,96)81-39-5-1-35(2-6-39)69-75-47-21-22-48(83)59(64(47)84)76-70-36-3-7-40(8-4-36)82-128(97,98)42-15-11-38(12-16-42)72-80-63-54(132(108,109)110)30-34-28-50(123-118-114-89)61(58(68)56(34)66(63)86)78-74-46-20-18-44(32-52(46)130(102,103)104)126(93,94)26-24-121-120-116-112-87/h1-22,27-32,81-90H,23-26,67-68H2,(H,99,100,101)(H,102,103,104)(H,105,106,107)(H,108,109,110). The molecule has 0 aliphatic carbocycles. The number of nitrogen functional groups attached to an aromatic ring is 2. The minimum absolute atomic E-state index is 0.0161. The number of hydrogen-bond acceptors (Lipinski definition) is 52. The molecule has 0 spiro atoms. The maximum atomic E-state index is 13.6. The number of sulfonamides is 2. The fourth-order valence-electron chi connectivity index (χ4n) is 11.0. The predicted molar refractivity (Wildman–Crippen MR) is 457 cm³/mol. The third-order valence-corrected chi connectivity index (χ3v) is 29.0. The molecule has 66 heteroatoms. The van der Waals surface area contributed by atoms with Crippen LogP contribution in [0.4, 0.5) is 91.0 Å². The maximum absolute atomic E-state index is 13.6. The first kappa shape index (κ1) is 101. The van der Waals surface area contributed by atoms with E-state index in [1.807, 2.05) is 0 Å². The Morgan fingerprint density at radius 1 is 0.341 bits per heavy atom. The summed E-state index contributed by atoms with van der Waals surface area (Å²) in [7, 11) is -38.8. The van der Waals surface area contributed by atoms with Crippen LogP contribution in [0.15, 0.2) is 280 Å². The molecule has 0 aromatic heterocycles. The Hall–Kier alpha value is -11.8. The van der Waals surface area contributed by atoms with Crippen molar-refractivity contribution < 1.29 is 174 Å². The van der Waals surface area contributed by atoms with Crippen LogP contribution in [0.1, 0.15) is 0 Å². The van der Waals surface area contributed by atoms with E-state index in [0.29, 0.717) is 24.2 Å². The third-order valence-electron chi connectivity index (χ3n) is 16.9. The molecule has 0 amide bonds. The molecular weight excluding hydrogens is 2010 g/mol. The number of anilines is 4. The summed E-state index contributed by atoms with van der Waals surface area (Å²) in [5.41, 5.74) is 6.11. The number of phenolic OH excluding ortho intramolecular Hbond substituents is 4. The fourth-order valence-corrected chi connectivity index (χ4v) is 20.5. The van der Waals surface area contributed by atoms with Gasteiger partial charge in [-0.05, 0) is 191 Å². The normalized spacial score (nSPS) is 13.0. The first-order chi connectivity index (χ1) is 62.3. The Bertz CT molecular complexity index is 7480. The molecule has 0 unspecified atom stereocenters. The van der Waals surface area contributed by atoms with Gasteiger partial charge in [0.05, 0.1) is 116 Å². The SMILES string of the molecule is Nc1c(N=Nc2ccc(S(=O)(=O)CCOSOOO)cc2S(=O)(=O)O)c(SOOO)cc2cc(S(=O)(=O)O)c(N=Nc3ccc(S(=O)(=O)Nc4ccc(N=Nc5ccc(O)c(N=Nc6ccc(NS(=O)(=O)c7ccc(N=Nc8c(S(=O)(=O)O)cc9cc(SOOO)c(N=Nc%10ccc(S(=O)(=O)CCSOOOO)cc%10S(=O)(=O)O)c(N)c9c8O)cc7)cc6)c5O)cc4)cc3)c(O)c12. The van der Waals surface area contributed by atoms with Crippen LogP contribution >= 0.6 is 48.5 Å². The lowest BCUT2D eigenvalue weighted by Crippen LogP contribution is -2.12. The summed E-state index contributed by atoms with van der Waals surface area (Å²) in [6.45, 7) is -0.587. The quantitative estimate of drug-likeness (QED) is 0.00321. The Balaban J connectivity index is 0.734. The molecule has 18 N–H and O–H groups in total. The van der Waals surface area contributed by atoms with Crippen molar-refractivity contribution in [2.75, 3.05) is 44.8 Å². The second-order valence-corrected chi connectivity index (χ2v) is 41.1. The molecule has 0 aliphatic rings. The van der Waals surface area contributed by atoms with Crippen LogP contribution in [0.25, 0.3) is 21.5 Å². The van der Waals surface area contributed by atoms with Crippen molar-refractivity contribution in [2.45, 2.75) is 49.0 Å². The number of nitrogens with one attached hydrogen (secondary N) is 2. The van der Waals surface area contributed by atoms with E-state index in [-0.39, 0.29) is 112 Å². The van der Waals surface area contributed by atoms with Gasteiger partial charge < -0.3 is 31.9 Å². The zero-order valence-electron chi connectivity index (χ0n) is 64.4. The summed E-state index contributed by atoms with van der Waals surface area (Å²) < 4.78 is 275. The van der Waals surface area contributed by atoms with Gasteiger partial charge >= 0.3 is 0 Å². The van der Waals surface area contributed by atoms with Crippen molar-refractivity contribution in [3.8, 4) is 23.0 Å². The molecule has 132 heavy (non-hydrogen) atoms. The van der Waals surface area contributed by atoms with Gasteiger partial charge in [0.25, 0.3) is 60.5 Å². The van der Waals surface area contributed by atoms with Gasteiger partial charge in [0.15, 0.2) is 54.9 Å². The highest BCUT2D eigenvalue weighted by molar-refractivity contribution is 7.97. The number of fused-ring (bicyclic) bond motifs is 2. The predicted octanol–water partition coefficient (Wildman–Crippen LogP) is 15.5. The van der Waals surface area contributed by atoms with E-state index in [1.165, 1.54) is 48.5 Å². The Morgan fingerprint density at radius 2 is 0.697 bits per heavy atom. The molecule has 0 radical (unpaired) electrons. The summed E-state index contributed by atoms with van der Waals surface area (Å²) in [6, 6.07) is 29.0. The molecular formula is C66H54N16O38S12. The second kappa shape index (κ2) is 42.4. The second-order valence-electron chi connectivity index (χ2n) is 25.2. The number of sulfone groups is 2. The Kier molecular flexibility index (Phi) is 32.4. The highest BCUT2D eigenvalue weighted by atomic mass is 32.2. The Morgan fingerprint density at radius 3 is 1.09 bits per heavy atom. The van der Waals surface area contributed by atoms with Crippen molar-refractivity contribution in [2.24, 2.45) is 61.4 Å². The van der Waals surface area contributed by atoms with Gasteiger partial charge in [0.1, 0.15) is 65.1 Å². The van der Waals surface area contributed by atoms with Gasteiger partial charge in [0, 0.05) is 29.2 Å².